The van der Waals surface area contributed by atoms with Gasteiger partial charge in [0.15, 0.2) is 11.5 Å². The molecule has 1 fully saturated rings. The van der Waals surface area contributed by atoms with Crippen molar-refractivity contribution < 1.29 is 24.5 Å². The first-order chi connectivity index (χ1) is 11.9. The summed E-state index contributed by atoms with van der Waals surface area (Å²) in [5, 5.41) is 19.1. The van der Waals surface area contributed by atoms with Gasteiger partial charge in [-0.2, -0.15) is 0 Å². The van der Waals surface area contributed by atoms with Crippen LogP contribution in [0.2, 0.25) is 0 Å². The van der Waals surface area contributed by atoms with Crippen molar-refractivity contribution in [1.82, 2.24) is 4.90 Å². The van der Waals surface area contributed by atoms with Gasteiger partial charge < -0.3 is 14.9 Å². The first-order valence-electron chi connectivity index (χ1n) is 7.84. The molecule has 1 aliphatic heterocycles. The summed E-state index contributed by atoms with van der Waals surface area (Å²) >= 11 is 6.28. The van der Waals surface area contributed by atoms with Crippen LogP contribution in [0.4, 0.5) is 0 Å². The van der Waals surface area contributed by atoms with Gasteiger partial charge in [-0.25, -0.2) is 4.79 Å². The quantitative estimate of drug-likeness (QED) is 0.554. The van der Waals surface area contributed by atoms with E-state index in [0.717, 1.165) is 11.8 Å². The number of thiocarbonyl (C=S) groups is 1. The summed E-state index contributed by atoms with van der Waals surface area (Å²) in [6, 6.07) is 3.79. The number of rotatable bonds is 7. The highest BCUT2D eigenvalue weighted by Crippen LogP contribution is 2.36. The van der Waals surface area contributed by atoms with E-state index >= 15 is 0 Å². The normalized spacial score (nSPS) is 17.2. The van der Waals surface area contributed by atoms with E-state index in [1.807, 2.05) is 6.92 Å². The standard InChI is InChI=1S/C17H19NO5S2/c1-3-5-11(16(21)22)18-15(20)14(25-17(18)24)9-10-6-7-12(19)13(8-10)23-4-2/h6-9,11,19H,3-5H2,1-2H3,(H,21,22)/b14-9+. The van der Waals surface area contributed by atoms with Crippen molar-refractivity contribution in [3.63, 3.8) is 0 Å². The Morgan fingerprint density at radius 3 is 2.76 bits per heavy atom. The lowest BCUT2D eigenvalue weighted by Crippen LogP contribution is -2.43. The number of carboxylic acid groups (broad SMARTS) is 1. The summed E-state index contributed by atoms with van der Waals surface area (Å²) in [6.07, 6.45) is 2.58. The van der Waals surface area contributed by atoms with E-state index in [2.05, 4.69) is 0 Å². The van der Waals surface area contributed by atoms with Crippen molar-refractivity contribution in [3.05, 3.63) is 28.7 Å². The van der Waals surface area contributed by atoms with Crippen LogP contribution in [0, 0.1) is 0 Å². The molecule has 1 heterocycles. The maximum atomic E-state index is 12.6. The second-order valence-electron chi connectivity index (χ2n) is 5.35. The largest absolute Gasteiger partial charge is 0.504 e. The average Bonchev–Trinajstić information content (AvgIpc) is 2.82. The lowest BCUT2D eigenvalue weighted by atomic mass is 10.1. The van der Waals surface area contributed by atoms with Gasteiger partial charge in [0.2, 0.25) is 0 Å². The minimum absolute atomic E-state index is 0.0143. The number of carboxylic acids is 1. The van der Waals surface area contributed by atoms with E-state index in [1.165, 1.54) is 11.0 Å². The molecular formula is C17H19NO5S2. The van der Waals surface area contributed by atoms with Crippen LogP contribution >= 0.6 is 24.0 Å². The lowest BCUT2D eigenvalue weighted by Gasteiger charge is -2.22. The Morgan fingerprint density at radius 2 is 2.16 bits per heavy atom. The number of carbonyl (C=O) groups is 2. The SMILES string of the molecule is CCCC(C(=O)O)N1C(=O)/C(=C\c2ccc(O)c(OCC)c2)SC1=S. The fourth-order valence-electron chi connectivity index (χ4n) is 2.43. The zero-order valence-corrected chi connectivity index (χ0v) is 15.5. The highest BCUT2D eigenvalue weighted by Gasteiger charge is 2.39. The van der Waals surface area contributed by atoms with Gasteiger partial charge in [0.25, 0.3) is 5.91 Å². The number of aliphatic carboxylic acids is 1. The molecule has 1 aromatic rings. The molecule has 134 valence electrons. The van der Waals surface area contributed by atoms with E-state index in [0.29, 0.717) is 35.7 Å². The van der Waals surface area contributed by atoms with Crippen LogP contribution in [-0.4, -0.2) is 44.0 Å². The molecule has 1 amide bonds. The van der Waals surface area contributed by atoms with Crippen LogP contribution in [0.25, 0.3) is 6.08 Å². The van der Waals surface area contributed by atoms with Crippen LogP contribution in [0.15, 0.2) is 23.1 Å². The third-order valence-corrected chi connectivity index (χ3v) is 4.89. The summed E-state index contributed by atoms with van der Waals surface area (Å²) in [7, 11) is 0. The number of ether oxygens (including phenoxy) is 1. The average molecular weight is 381 g/mol. The molecule has 8 heteroatoms. The molecule has 0 aliphatic carbocycles. The molecule has 1 atom stereocenters. The minimum atomic E-state index is -1.07. The summed E-state index contributed by atoms with van der Waals surface area (Å²) in [5.74, 6) is -1.15. The molecule has 2 rings (SSSR count). The second kappa shape index (κ2) is 8.35. The molecule has 1 saturated heterocycles. The topological polar surface area (TPSA) is 87.1 Å². The molecule has 1 unspecified atom stereocenters. The molecule has 0 radical (unpaired) electrons. The Hall–Kier alpha value is -2.06. The van der Waals surface area contributed by atoms with Gasteiger partial charge in [-0.1, -0.05) is 43.4 Å². The van der Waals surface area contributed by atoms with Gasteiger partial charge in [-0.15, -0.1) is 0 Å². The highest BCUT2D eigenvalue weighted by molar-refractivity contribution is 8.26. The van der Waals surface area contributed by atoms with Gasteiger partial charge in [-0.05, 0) is 37.1 Å². The number of hydrogen-bond acceptors (Lipinski definition) is 6. The molecule has 1 aliphatic rings. The van der Waals surface area contributed by atoms with E-state index in [1.54, 1.807) is 25.1 Å². The highest BCUT2D eigenvalue weighted by atomic mass is 32.2. The van der Waals surface area contributed by atoms with Gasteiger partial charge in [0.05, 0.1) is 11.5 Å². The fraction of sp³-hybridized carbons (Fsp3) is 0.353. The van der Waals surface area contributed by atoms with E-state index in [-0.39, 0.29) is 10.1 Å². The molecule has 1 aromatic carbocycles. The summed E-state index contributed by atoms with van der Waals surface area (Å²) in [4.78, 5) is 25.6. The van der Waals surface area contributed by atoms with Crippen LogP contribution in [0.3, 0.4) is 0 Å². The predicted molar refractivity (Wildman–Crippen MR) is 101 cm³/mol. The van der Waals surface area contributed by atoms with Crippen molar-refractivity contribution in [1.29, 1.82) is 0 Å². The smallest absolute Gasteiger partial charge is 0.326 e. The van der Waals surface area contributed by atoms with Crippen molar-refractivity contribution in [2.75, 3.05) is 6.61 Å². The van der Waals surface area contributed by atoms with Crippen LogP contribution in [0.1, 0.15) is 32.3 Å². The van der Waals surface area contributed by atoms with E-state index in [9.17, 15) is 19.8 Å². The van der Waals surface area contributed by atoms with Crippen molar-refractivity contribution >= 4 is 46.3 Å². The van der Waals surface area contributed by atoms with E-state index in [4.69, 9.17) is 17.0 Å². The molecule has 0 spiro atoms. The molecule has 0 aromatic heterocycles. The van der Waals surface area contributed by atoms with Gasteiger partial charge >= 0.3 is 5.97 Å². The third kappa shape index (κ3) is 4.32. The molecule has 25 heavy (non-hydrogen) atoms. The fourth-order valence-corrected chi connectivity index (χ4v) is 3.78. The molecule has 0 saturated carbocycles. The minimum Gasteiger partial charge on any atom is -0.504 e. The van der Waals surface area contributed by atoms with Crippen LogP contribution < -0.4 is 4.74 Å². The number of amides is 1. The number of nitrogens with zero attached hydrogens (tertiary/aromatic N) is 1. The summed E-state index contributed by atoms with van der Waals surface area (Å²) < 4.78 is 5.56. The second-order valence-corrected chi connectivity index (χ2v) is 7.03. The number of hydrogen-bond donors (Lipinski definition) is 2. The number of thioether (sulfide) groups is 1. The Bertz CT molecular complexity index is 732. The van der Waals surface area contributed by atoms with Crippen molar-refractivity contribution in [2.45, 2.75) is 32.7 Å². The van der Waals surface area contributed by atoms with Gasteiger partial charge in [0.1, 0.15) is 10.4 Å². The molecule has 2 N–H and O–H groups in total. The monoisotopic (exact) mass is 381 g/mol. The zero-order valence-electron chi connectivity index (χ0n) is 13.9. The Kier molecular flexibility index (Phi) is 6.44. The van der Waals surface area contributed by atoms with Gasteiger partial charge in [-0.3, -0.25) is 9.69 Å². The predicted octanol–water partition coefficient (Wildman–Crippen LogP) is 3.25. The van der Waals surface area contributed by atoms with E-state index < -0.39 is 17.9 Å². The Labute approximate surface area is 155 Å². The maximum absolute atomic E-state index is 12.6. The maximum Gasteiger partial charge on any atom is 0.326 e. The van der Waals surface area contributed by atoms with Crippen molar-refractivity contribution in [2.24, 2.45) is 0 Å². The van der Waals surface area contributed by atoms with Gasteiger partial charge in [0, 0.05) is 0 Å². The number of phenols is 1. The number of benzene rings is 1. The van der Waals surface area contributed by atoms with Crippen molar-refractivity contribution in [3.8, 4) is 11.5 Å². The number of carbonyl (C=O) groups excluding carboxylic acids is 1. The third-order valence-electron chi connectivity index (χ3n) is 3.56. The Morgan fingerprint density at radius 1 is 1.44 bits per heavy atom. The zero-order chi connectivity index (χ0) is 18.6. The molecule has 0 bridgehead atoms. The first-order valence-corrected chi connectivity index (χ1v) is 9.07. The lowest BCUT2D eigenvalue weighted by molar-refractivity contribution is -0.145. The molecule has 6 nitrogen and oxygen atoms in total. The summed E-state index contributed by atoms with van der Waals surface area (Å²) in [5.41, 5.74) is 0.657. The number of aromatic hydroxyl groups is 1. The Balaban J connectivity index is 2.31. The van der Waals surface area contributed by atoms with Crippen LogP contribution in [-0.2, 0) is 9.59 Å². The van der Waals surface area contributed by atoms with Crippen LogP contribution in [0.5, 0.6) is 11.5 Å². The summed E-state index contributed by atoms with van der Waals surface area (Å²) in [6.45, 7) is 4.06. The molecular weight excluding hydrogens is 362 g/mol. The number of phenolic OH excluding ortho intramolecular Hbond substituents is 1. The first kappa shape index (κ1) is 19.3.